The monoisotopic (exact) mass is 283 g/mol. The quantitative estimate of drug-likeness (QED) is 0.759. The summed E-state index contributed by atoms with van der Waals surface area (Å²) in [6.07, 6.45) is 1.08. The van der Waals surface area contributed by atoms with Gasteiger partial charge in [-0.1, -0.05) is 48.9 Å². The Morgan fingerprint density at radius 1 is 1.00 bits per heavy atom. The highest BCUT2D eigenvalue weighted by Crippen LogP contribution is 2.17. The number of hydrogen-bond acceptors (Lipinski definition) is 2. The summed E-state index contributed by atoms with van der Waals surface area (Å²) in [4.78, 5) is 0. The summed E-state index contributed by atoms with van der Waals surface area (Å²) in [7, 11) is 0. The first kappa shape index (κ1) is 15.6. The molecule has 1 unspecified atom stereocenters. The Bertz CT molecular complexity index is 548. The smallest absolute Gasteiger partial charge is 0.119 e. The Kier molecular flexibility index (Phi) is 5.82. The van der Waals surface area contributed by atoms with Gasteiger partial charge in [-0.2, -0.15) is 0 Å². The van der Waals surface area contributed by atoms with Crippen LogP contribution in [0.4, 0.5) is 0 Å². The van der Waals surface area contributed by atoms with Crippen LogP contribution in [0.5, 0.6) is 5.75 Å². The summed E-state index contributed by atoms with van der Waals surface area (Å²) in [5, 5.41) is 3.57. The molecule has 0 heterocycles. The molecular formula is C19H25NO. The molecule has 21 heavy (non-hydrogen) atoms. The van der Waals surface area contributed by atoms with E-state index in [9.17, 15) is 0 Å². The molecule has 1 atom stereocenters. The molecule has 0 aliphatic carbocycles. The molecule has 0 aliphatic rings. The van der Waals surface area contributed by atoms with Crippen molar-refractivity contribution in [3.63, 3.8) is 0 Å². The Balaban J connectivity index is 1.79. The molecule has 0 saturated carbocycles. The maximum absolute atomic E-state index is 5.77. The normalized spacial score (nSPS) is 12.1. The number of hydrogen-bond donors (Lipinski definition) is 1. The second-order valence-electron chi connectivity index (χ2n) is 5.49. The van der Waals surface area contributed by atoms with Crippen LogP contribution in [0.25, 0.3) is 0 Å². The highest BCUT2D eigenvalue weighted by Gasteiger charge is 2.07. The average molecular weight is 283 g/mol. The molecular weight excluding hydrogens is 258 g/mol. The molecule has 2 rings (SSSR count). The average Bonchev–Trinajstić information content (AvgIpc) is 2.49. The van der Waals surface area contributed by atoms with Crippen molar-refractivity contribution in [3.05, 3.63) is 65.2 Å². The van der Waals surface area contributed by atoms with Crippen molar-refractivity contribution >= 4 is 0 Å². The van der Waals surface area contributed by atoms with E-state index in [1.54, 1.807) is 0 Å². The van der Waals surface area contributed by atoms with Gasteiger partial charge >= 0.3 is 0 Å². The van der Waals surface area contributed by atoms with E-state index in [-0.39, 0.29) is 0 Å². The minimum atomic E-state index is 0.395. The Morgan fingerprint density at radius 2 is 1.76 bits per heavy atom. The first-order valence-corrected chi connectivity index (χ1v) is 7.68. The highest BCUT2D eigenvalue weighted by molar-refractivity contribution is 5.27. The molecule has 0 saturated heterocycles. The van der Waals surface area contributed by atoms with E-state index < -0.39 is 0 Å². The molecule has 2 nitrogen and oxygen atoms in total. The van der Waals surface area contributed by atoms with Crippen LogP contribution in [0.1, 0.15) is 36.1 Å². The highest BCUT2D eigenvalue weighted by atomic mass is 16.5. The van der Waals surface area contributed by atoms with E-state index >= 15 is 0 Å². The molecule has 2 aromatic carbocycles. The molecule has 112 valence electrons. The van der Waals surface area contributed by atoms with E-state index in [0.29, 0.717) is 12.6 Å². The lowest BCUT2D eigenvalue weighted by Crippen LogP contribution is -2.25. The van der Waals surface area contributed by atoms with E-state index in [1.807, 2.05) is 12.1 Å². The van der Waals surface area contributed by atoms with Crippen LogP contribution in [-0.4, -0.2) is 13.2 Å². The first-order valence-electron chi connectivity index (χ1n) is 7.68. The van der Waals surface area contributed by atoms with Crippen molar-refractivity contribution in [1.29, 1.82) is 0 Å². The van der Waals surface area contributed by atoms with E-state index in [4.69, 9.17) is 4.74 Å². The fourth-order valence-electron chi connectivity index (χ4n) is 2.40. The fraction of sp³-hybridized carbons (Fsp3) is 0.368. The van der Waals surface area contributed by atoms with Crippen LogP contribution in [0.3, 0.4) is 0 Å². The van der Waals surface area contributed by atoms with Crippen molar-refractivity contribution in [1.82, 2.24) is 5.32 Å². The Labute approximate surface area is 128 Å². The van der Waals surface area contributed by atoms with Gasteiger partial charge in [-0.3, -0.25) is 0 Å². The maximum Gasteiger partial charge on any atom is 0.119 e. The van der Waals surface area contributed by atoms with Gasteiger partial charge in [0.1, 0.15) is 12.4 Å². The van der Waals surface area contributed by atoms with Crippen LogP contribution >= 0.6 is 0 Å². The van der Waals surface area contributed by atoms with Gasteiger partial charge in [-0.05, 0) is 43.5 Å². The summed E-state index contributed by atoms with van der Waals surface area (Å²) in [5.74, 6) is 0.945. The third-order valence-electron chi connectivity index (χ3n) is 3.64. The summed E-state index contributed by atoms with van der Waals surface area (Å²) in [6, 6.07) is 17.3. The topological polar surface area (TPSA) is 21.3 Å². The van der Waals surface area contributed by atoms with Gasteiger partial charge in [-0.15, -0.1) is 0 Å². The zero-order chi connectivity index (χ0) is 15.1. The summed E-state index contributed by atoms with van der Waals surface area (Å²) in [5.41, 5.74) is 3.88. The third-order valence-corrected chi connectivity index (χ3v) is 3.64. The van der Waals surface area contributed by atoms with Crippen LogP contribution in [0.2, 0.25) is 0 Å². The first-order chi connectivity index (χ1) is 10.2. The molecule has 2 aromatic rings. The van der Waals surface area contributed by atoms with Gasteiger partial charge < -0.3 is 10.1 Å². The van der Waals surface area contributed by atoms with Gasteiger partial charge in [-0.25, -0.2) is 0 Å². The standard InChI is InChI=1S/C19H25NO/c1-4-19(17-10-8-15(2)9-11-17)20-12-13-21-18-7-5-6-16(3)14-18/h5-11,14,19-20H,4,12-13H2,1-3H3. The third kappa shape index (κ3) is 4.91. The van der Waals surface area contributed by atoms with Crippen molar-refractivity contribution in [2.75, 3.05) is 13.2 Å². The van der Waals surface area contributed by atoms with Crippen molar-refractivity contribution in [3.8, 4) is 5.75 Å². The lowest BCUT2D eigenvalue weighted by Gasteiger charge is -2.18. The maximum atomic E-state index is 5.77. The van der Waals surface area contributed by atoms with Crippen LogP contribution < -0.4 is 10.1 Å². The van der Waals surface area contributed by atoms with Gasteiger partial charge in [0.05, 0.1) is 0 Å². The fourth-order valence-corrected chi connectivity index (χ4v) is 2.40. The number of benzene rings is 2. The lowest BCUT2D eigenvalue weighted by atomic mass is 10.0. The predicted octanol–water partition coefficient (Wildman–Crippen LogP) is 4.42. The zero-order valence-corrected chi connectivity index (χ0v) is 13.2. The van der Waals surface area contributed by atoms with Gasteiger partial charge in [0, 0.05) is 12.6 Å². The summed E-state index contributed by atoms with van der Waals surface area (Å²) in [6.45, 7) is 7.94. The van der Waals surface area contributed by atoms with Gasteiger partial charge in [0.25, 0.3) is 0 Å². The molecule has 2 heteroatoms. The largest absolute Gasteiger partial charge is 0.492 e. The van der Waals surface area contributed by atoms with Crippen LogP contribution in [0.15, 0.2) is 48.5 Å². The summed E-state index contributed by atoms with van der Waals surface area (Å²) >= 11 is 0. The van der Waals surface area contributed by atoms with E-state index in [2.05, 4.69) is 62.5 Å². The molecule has 0 aliphatic heterocycles. The second kappa shape index (κ2) is 7.84. The Hall–Kier alpha value is -1.80. The number of aryl methyl sites for hydroxylation is 2. The van der Waals surface area contributed by atoms with E-state index in [1.165, 1.54) is 16.7 Å². The number of ether oxygens (including phenoxy) is 1. The molecule has 0 aromatic heterocycles. The van der Waals surface area contributed by atoms with Crippen molar-refractivity contribution in [2.24, 2.45) is 0 Å². The van der Waals surface area contributed by atoms with Crippen LogP contribution in [0, 0.1) is 13.8 Å². The molecule has 0 spiro atoms. The predicted molar refractivity (Wildman–Crippen MR) is 88.9 cm³/mol. The minimum Gasteiger partial charge on any atom is -0.492 e. The lowest BCUT2D eigenvalue weighted by molar-refractivity contribution is 0.304. The number of nitrogens with one attached hydrogen (secondary N) is 1. The minimum absolute atomic E-state index is 0.395. The molecule has 0 amide bonds. The molecule has 1 N–H and O–H groups in total. The SMILES string of the molecule is CCC(NCCOc1cccc(C)c1)c1ccc(C)cc1. The molecule has 0 fully saturated rings. The van der Waals surface area contributed by atoms with Gasteiger partial charge in [0.15, 0.2) is 0 Å². The van der Waals surface area contributed by atoms with Crippen LogP contribution in [-0.2, 0) is 0 Å². The second-order valence-corrected chi connectivity index (χ2v) is 5.49. The van der Waals surface area contributed by atoms with Gasteiger partial charge in [0.2, 0.25) is 0 Å². The Morgan fingerprint density at radius 3 is 2.43 bits per heavy atom. The summed E-state index contributed by atoms with van der Waals surface area (Å²) < 4.78 is 5.77. The van der Waals surface area contributed by atoms with E-state index in [0.717, 1.165) is 18.7 Å². The van der Waals surface area contributed by atoms with Crippen molar-refractivity contribution in [2.45, 2.75) is 33.2 Å². The zero-order valence-electron chi connectivity index (χ0n) is 13.2. The van der Waals surface area contributed by atoms with Crippen molar-refractivity contribution < 1.29 is 4.74 Å². The molecule has 0 radical (unpaired) electrons. The number of rotatable bonds is 7. The molecule has 0 bridgehead atoms.